The third-order valence-electron chi connectivity index (χ3n) is 4.42. The van der Waals surface area contributed by atoms with E-state index >= 15 is 0 Å². The van der Waals surface area contributed by atoms with E-state index in [0.717, 1.165) is 31.4 Å². The van der Waals surface area contributed by atoms with Crippen LogP contribution in [0.1, 0.15) is 51.3 Å². The molecule has 0 aliphatic heterocycles. The number of hydrogen-bond acceptors (Lipinski definition) is 3. The number of aliphatic hydroxyl groups excluding tert-OH is 1. The summed E-state index contributed by atoms with van der Waals surface area (Å²) < 4.78 is 0. The first kappa shape index (κ1) is 16.7. The largest absolute Gasteiger partial charge is 0.396 e. The van der Waals surface area contributed by atoms with E-state index in [1.807, 2.05) is 18.2 Å². The monoisotopic (exact) mass is 305 g/mol. The number of nitrogens with one attached hydrogen (secondary N) is 2. The quantitative estimate of drug-likeness (QED) is 0.783. The fourth-order valence-corrected chi connectivity index (χ4v) is 3.11. The van der Waals surface area contributed by atoms with E-state index in [4.69, 9.17) is 0 Å². The van der Waals surface area contributed by atoms with E-state index in [1.165, 1.54) is 0 Å². The first-order valence-electron chi connectivity index (χ1n) is 8.20. The second-order valence-electron chi connectivity index (χ2n) is 6.43. The number of carbonyl (C=O) groups is 1. The van der Waals surface area contributed by atoms with Gasteiger partial charge in [0.1, 0.15) is 0 Å². The number of nitrogens with zero attached hydrogens (tertiary/aromatic N) is 1. The molecule has 2 rings (SSSR count). The zero-order valence-electron chi connectivity index (χ0n) is 13.5. The number of carbonyl (C=O) groups excluding carboxylic acids is 1. The minimum Gasteiger partial charge on any atom is -0.396 e. The van der Waals surface area contributed by atoms with Crippen LogP contribution in [-0.4, -0.2) is 28.8 Å². The number of amides is 2. The fourth-order valence-electron chi connectivity index (χ4n) is 3.11. The Kier molecular flexibility index (Phi) is 6.19. The molecule has 0 spiro atoms. The molecule has 122 valence electrons. The summed E-state index contributed by atoms with van der Waals surface area (Å²) in [6.07, 6.45) is 5.90. The van der Waals surface area contributed by atoms with Gasteiger partial charge >= 0.3 is 6.03 Å². The van der Waals surface area contributed by atoms with Crippen molar-refractivity contribution < 1.29 is 9.90 Å². The Bertz CT molecular complexity index is 464. The molecule has 5 heteroatoms. The predicted molar refractivity (Wildman–Crippen MR) is 86.3 cm³/mol. The maximum Gasteiger partial charge on any atom is 0.315 e. The summed E-state index contributed by atoms with van der Waals surface area (Å²) in [6.45, 7) is 4.27. The topological polar surface area (TPSA) is 74.2 Å². The van der Waals surface area contributed by atoms with Gasteiger partial charge in [0.25, 0.3) is 0 Å². The molecule has 1 heterocycles. The summed E-state index contributed by atoms with van der Waals surface area (Å²) in [5, 5.41) is 15.5. The van der Waals surface area contributed by atoms with E-state index in [-0.39, 0.29) is 36.6 Å². The first-order valence-corrected chi connectivity index (χ1v) is 8.20. The molecule has 1 aliphatic rings. The highest BCUT2D eigenvalue weighted by molar-refractivity contribution is 5.74. The van der Waals surface area contributed by atoms with E-state index in [1.54, 1.807) is 6.20 Å². The van der Waals surface area contributed by atoms with Gasteiger partial charge in [-0.25, -0.2) is 4.79 Å². The predicted octanol–water partition coefficient (Wildman–Crippen LogP) is 2.63. The van der Waals surface area contributed by atoms with Crippen LogP contribution in [0.4, 0.5) is 4.79 Å². The van der Waals surface area contributed by atoms with Crippen LogP contribution in [0, 0.1) is 11.8 Å². The third kappa shape index (κ3) is 4.44. The van der Waals surface area contributed by atoms with Crippen LogP contribution in [0.2, 0.25) is 0 Å². The van der Waals surface area contributed by atoms with Crippen LogP contribution in [0.25, 0.3) is 0 Å². The highest BCUT2D eigenvalue weighted by Gasteiger charge is 2.27. The molecule has 1 aromatic heterocycles. The summed E-state index contributed by atoms with van der Waals surface area (Å²) in [4.78, 5) is 16.7. The van der Waals surface area contributed by atoms with Crippen molar-refractivity contribution in [2.24, 2.45) is 11.8 Å². The van der Waals surface area contributed by atoms with Gasteiger partial charge in [-0.2, -0.15) is 0 Å². The number of aromatic nitrogens is 1. The van der Waals surface area contributed by atoms with Crippen molar-refractivity contribution >= 4 is 6.03 Å². The molecule has 0 unspecified atom stereocenters. The van der Waals surface area contributed by atoms with Crippen LogP contribution in [-0.2, 0) is 0 Å². The van der Waals surface area contributed by atoms with Gasteiger partial charge in [-0.1, -0.05) is 32.8 Å². The van der Waals surface area contributed by atoms with Crippen molar-refractivity contribution in [2.75, 3.05) is 6.61 Å². The van der Waals surface area contributed by atoms with Gasteiger partial charge in [0.05, 0.1) is 11.7 Å². The second kappa shape index (κ2) is 8.13. The summed E-state index contributed by atoms with van der Waals surface area (Å²) in [5.74, 6) is 0.424. The molecule has 5 nitrogen and oxygen atoms in total. The highest BCUT2D eigenvalue weighted by atomic mass is 16.3. The minimum atomic E-state index is -0.172. The average molecular weight is 305 g/mol. The molecule has 22 heavy (non-hydrogen) atoms. The van der Waals surface area contributed by atoms with Gasteiger partial charge in [-0.15, -0.1) is 0 Å². The molecule has 1 aromatic rings. The number of hydrogen-bond donors (Lipinski definition) is 3. The number of urea groups is 1. The molecule has 1 saturated carbocycles. The summed E-state index contributed by atoms with van der Waals surface area (Å²) in [7, 11) is 0. The summed E-state index contributed by atoms with van der Waals surface area (Å²) in [5.41, 5.74) is 0.870. The van der Waals surface area contributed by atoms with Crippen molar-refractivity contribution in [3.63, 3.8) is 0 Å². The molecule has 2 amide bonds. The Morgan fingerprint density at radius 2 is 2.14 bits per heavy atom. The molecule has 3 N–H and O–H groups in total. The lowest BCUT2D eigenvalue weighted by Gasteiger charge is -2.32. The molecule has 3 atom stereocenters. The van der Waals surface area contributed by atoms with Crippen molar-refractivity contribution in [1.29, 1.82) is 0 Å². The molecular weight excluding hydrogens is 278 g/mol. The maximum absolute atomic E-state index is 12.3. The molecule has 1 aliphatic carbocycles. The SMILES string of the molecule is CC(C)[C@H](NC(=O)N[C@@H]1CCCC[C@H]1CO)c1ccccn1. The van der Waals surface area contributed by atoms with E-state index < -0.39 is 0 Å². The molecule has 0 saturated heterocycles. The molecular formula is C17H27N3O2. The lowest BCUT2D eigenvalue weighted by Crippen LogP contribution is -2.49. The van der Waals surface area contributed by atoms with Crippen LogP contribution < -0.4 is 10.6 Å². The Labute approximate surface area is 132 Å². The first-order chi connectivity index (χ1) is 10.6. The smallest absolute Gasteiger partial charge is 0.315 e. The van der Waals surface area contributed by atoms with E-state index in [0.29, 0.717) is 0 Å². The number of aliphatic hydroxyl groups is 1. The lowest BCUT2D eigenvalue weighted by atomic mass is 9.85. The van der Waals surface area contributed by atoms with Gasteiger partial charge in [0, 0.05) is 24.8 Å². The maximum atomic E-state index is 12.3. The standard InChI is InChI=1S/C17H27N3O2/c1-12(2)16(15-9-5-6-10-18-15)20-17(22)19-14-8-4-3-7-13(14)11-21/h5-6,9-10,12-14,16,21H,3-4,7-8,11H2,1-2H3,(H2,19,20,22)/t13-,14+,16-/m0/s1. The second-order valence-corrected chi connectivity index (χ2v) is 6.43. The third-order valence-corrected chi connectivity index (χ3v) is 4.42. The van der Waals surface area contributed by atoms with Crippen molar-refractivity contribution in [1.82, 2.24) is 15.6 Å². The van der Waals surface area contributed by atoms with Crippen LogP contribution in [0.5, 0.6) is 0 Å². The van der Waals surface area contributed by atoms with Crippen LogP contribution in [0.15, 0.2) is 24.4 Å². The van der Waals surface area contributed by atoms with Gasteiger partial charge in [0.2, 0.25) is 0 Å². The number of pyridine rings is 1. The Morgan fingerprint density at radius 3 is 2.77 bits per heavy atom. The Hall–Kier alpha value is -1.62. The zero-order chi connectivity index (χ0) is 15.9. The van der Waals surface area contributed by atoms with Crippen LogP contribution in [0.3, 0.4) is 0 Å². The molecule has 0 aromatic carbocycles. The summed E-state index contributed by atoms with van der Waals surface area (Å²) >= 11 is 0. The van der Waals surface area contributed by atoms with E-state index in [2.05, 4.69) is 29.5 Å². The molecule has 0 radical (unpaired) electrons. The van der Waals surface area contributed by atoms with Crippen molar-refractivity contribution in [3.8, 4) is 0 Å². The normalized spacial score (nSPS) is 23.1. The lowest BCUT2D eigenvalue weighted by molar-refractivity contribution is 0.152. The van der Waals surface area contributed by atoms with Gasteiger partial charge in [0.15, 0.2) is 0 Å². The highest BCUT2D eigenvalue weighted by Crippen LogP contribution is 2.24. The van der Waals surface area contributed by atoms with Gasteiger partial charge in [-0.3, -0.25) is 4.98 Å². The number of rotatable bonds is 5. The average Bonchev–Trinajstić information content (AvgIpc) is 2.53. The van der Waals surface area contributed by atoms with Gasteiger partial charge in [-0.05, 0) is 30.9 Å². The van der Waals surface area contributed by atoms with Crippen molar-refractivity contribution in [2.45, 2.75) is 51.6 Å². The fraction of sp³-hybridized carbons (Fsp3) is 0.647. The minimum absolute atomic E-state index is 0.0651. The van der Waals surface area contributed by atoms with Gasteiger partial charge < -0.3 is 15.7 Å². The van der Waals surface area contributed by atoms with E-state index in [9.17, 15) is 9.90 Å². The van der Waals surface area contributed by atoms with Crippen molar-refractivity contribution in [3.05, 3.63) is 30.1 Å². The zero-order valence-corrected chi connectivity index (χ0v) is 13.5. The summed E-state index contributed by atoms with van der Waals surface area (Å²) in [6, 6.07) is 5.51. The van der Waals surface area contributed by atoms with Crippen LogP contribution >= 0.6 is 0 Å². The molecule has 1 fully saturated rings. The molecule has 0 bridgehead atoms. The Morgan fingerprint density at radius 1 is 1.36 bits per heavy atom. The Balaban J connectivity index is 1.96.